The molecule has 2 atom stereocenters. The Kier molecular flexibility index (Phi) is 4.66. The smallest absolute Gasteiger partial charge is 0.258 e. The highest BCUT2D eigenvalue weighted by Gasteiger charge is 2.29. The first-order valence-corrected chi connectivity index (χ1v) is 9.75. The maximum absolute atomic E-state index is 13.0. The molecule has 4 N–H and O–H groups in total. The van der Waals surface area contributed by atoms with Crippen molar-refractivity contribution in [3.8, 4) is 0 Å². The van der Waals surface area contributed by atoms with E-state index in [9.17, 15) is 9.59 Å². The monoisotopic (exact) mass is 394 g/mol. The maximum atomic E-state index is 13.0. The van der Waals surface area contributed by atoms with E-state index in [1.54, 1.807) is 10.9 Å². The second-order valence-corrected chi connectivity index (χ2v) is 8.55. The largest absolute Gasteiger partial charge is 0.360 e. The van der Waals surface area contributed by atoms with Gasteiger partial charge in [-0.05, 0) is 13.0 Å². The summed E-state index contributed by atoms with van der Waals surface area (Å²) in [6.07, 6.45) is 1.58. The van der Waals surface area contributed by atoms with Crippen LogP contribution >= 0.6 is 0 Å². The molecule has 8 nitrogen and oxygen atoms in total. The number of hydrogen-bond acceptors (Lipinski definition) is 4. The lowest BCUT2D eigenvalue weighted by molar-refractivity contribution is -0.125. The van der Waals surface area contributed by atoms with Crippen molar-refractivity contribution in [3.05, 3.63) is 47.8 Å². The summed E-state index contributed by atoms with van der Waals surface area (Å²) in [6, 6.07) is 9.52. The fourth-order valence-corrected chi connectivity index (χ4v) is 3.49. The molecule has 3 aromatic rings. The summed E-state index contributed by atoms with van der Waals surface area (Å²) in [5.74, 6) is 0.235. The highest BCUT2D eigenvalue weighted by molar-refractivity contribution is 6.12. The minimum atomic E-state index is -0.527. The Bertz CT molecular complexity index is 1070. The summed E-state index contributed by atoms with van der Waals surface area (Å²) >= 11 is 0. The molecule has 0 spiro atoms. The van der Waals surface area contributed by atoms with Crippen molar-refractivity contribution in [2.75, 3.05) is 5.32 Å². The van der Waals surface area contributed by atoms with E-state index in [2.05, 4.69) is 46.8 Å². The molecule has 3 heterocycles. The normalized spacial score (nSPS) is 19.9. The van der Waals surface area contributed by atoms with Crippen LogP contribution in [0.15, 0.2) is 36.5 Å². The fraction of sp³-hybridized carbons (Fsp3) is 0.381. The number of H-pyrrole nitrogens is 1. The van der Waals surface area contributed by atoms with Crippen molar-refractivity contribution >= 4 is 28.5 Å². The van der Waals surface area contributed by atoms with E-state index in [0.717, 1.165) is 16.6 Å². The molecule has 4 rings (SSSR count). The van der Waals surface area contributed by atoms with Crippen LogP contribution in [0.5, 0.6) is 0 Å². The number of aromatic amines is 1. The van der Waals surface area contributed by atoms with E-state index in [0.29, 0.717) is 17.8 Å². The van der Waals surface area contributed by atoms with E-state index < -0.39 is 6.29 Å². The Morgan fingerprint density at radius 3 is 2.76 bits per heavy atom. The van der Waals surface area contributed by atoms with Gasteiger partial charge in [-0.25, -0.2) is 4.68 Å². The SMILES string of the molecule is CC1CC(=O)NC(n2nc(C(C)(C)C)cc2NC(=O)c2c[nH]c3ccccc23)N1. The van der Waals surface area contributed by atoms with Gasteiger partial charge in [0.05, 0.1) is 11.3 Å². The number of amides is 2. The van der Waals surface area contributed by atoms with E-state index in [4.69, 9.17) is 0 Å². The summed E-state index contributed by atoms with van der Waals surface area (Å²) in [4.78, 5) is 28.2. The predicted octanol–water partition coefficient (Wildman–Crippen LogP) is 2.87. The van der Waals surface area contributed by atoms with Gasteiger partial charge in [0.1, 0.15) is 5.82 Å². The number of rotatable bonds is 3. The van der Waals surface area contributed by atoms with Gasteiger partial charge in [-0.15, -0.1) is 0 Å². The van der Waals surface area contributed by atoms with Crippen molar-refractivity contribution in [2.45, 2.75) is 51.9 Å². The Morgan fingerprint density at radius 2 is 2.03 bits per heavy atom. The topological polar surface area (TPSA) is 104 Å². The number of carbonyl (C=O) groups excluding carboxylic acids is 2. The molecule has 1 aromatic carbocycles. The molecular formula is C21H26N6O2. The molecule has 0 bridgehead atoms. The number of anilines is 1. The molecule has 2 aromatic heterocycles. The molecular weight excluding hydrogens is 368 g/mol. The quantitative estimate of drug-likeness (QED) is 0.548. The highest BCUT2D eigenvalue weighted by Crippen LogP contribution is 2.27. The van der Waals surface area contributed by atoms with Gasteiger partial charge in [0.25, 0.3) is 5.91 Å². The fourth-order valence-electron chi connectivity index (χ4n) is 3.49. The number of benzene rings is 1. The van der Waals surface area contributed by atoms with Gasteiger partial charge in [0.15, 0.2) is 6.29 Å². The summed E-state index contributed by atoms with van der Waals surface area (Å²) in [5.41, 5.74) is 2.06. The van der Waals surface area contributed by atoms with Gasteiger partial charge in [-0.3, -0.25) is 14.9 Å². The second kappa shape index (κ2) is 7.04. The first-order chi connectivity index (χ1) is 13.7. The Labute approximate surface area is 169 Å². The van der Waals surface area contributed by atoms with Gasteiger partial charge in [-0.2, -0.15) is 5.10 Å². The Balaban J connectivity index is 1.69. The zero-order valence-corrected chi connectivity index (χ0v) is 17.0. The molecule has 2 unspecified atom stereocenters. The number of nitrogens with one attached hydrogen (secondary N) is 4. The lowest BCUT2D eigenvalue weighted by atomic mass is 9.92. The summed E-state index contributed by atoms with van der Waals surface area (Å²) in [7, 11) is 0. The third-order valence-corrected chi connectivity index (χ3v) is 5.06. The molecule has 2 amide bonds. The standard InChI is InChI=1S/C21H26N6O2/c1-12-9-18(28)25-20(23-12)27-17(10-16(26-27)21(2,3)4)24-19(29)14-11-22-15-8-6-5-7-13(14)15/h5-8,10-12,20,22-23H,9H2,1-4H3,(H,24,29)(H,25,28). The average molecular weight is 394 g/mol. The van der Waals surface area contributed by atoms with E-state index in [-0.39, 0.29) is 23.3 Å². The first-order valence-electron chi connectivity index (χ1n) is 9.75. The number of para-hydroxylation sites is 1. The molecule has 1 aliphatic heterocycles. The molecule has 152 valence electrons. The van der Waals surface area contributed by atoms with E-state index >= 15 is 0 Å². The molecule has 0 radical (unpaired) electrons. The van der Waals surface area contributed by atoms with Crippen LogP contribution in [0.3, 0.4) is 0 Å². The van der Waals surface area contributed by atoms with Crippen LogP contribution in [0, 0.1) is 0 Å². The van der Waals surface area contributed by atoms with Crippen molar-refractivity contribution in [2.24, 2.45) is 0 Å². The van der Waals surface area contributed by atoms with Gasteiger partial charge in [0.2, 0.25) is 5.91 Å². The molecule has 8 heteroatoms. The summed E-state index contributed by atoms with van der Waals surface area (Å²) in [6.45, 7) is 8.12. The summed E-state index contributed by atoms with van der Waals surface area (Å²) < 4.78 is 1.64. The molecule has 1 saturated heterocycles. The Morgan fingerprint density at radius 1 is 1.28 bits per heavy atom. The van der Waals surface area contributed by atoms with Crippen molar-refractivity contribution < 1.29 is 9.59 Å². The van der Waals surface area contributed by atoms with Crippen molar-refractivity contribution in [3.63, 3.8) is 0 Å². The third kappa shape index (κ3) is 3.75. The Hall–Kier alpha value is -3.13. The average Bonchev–Trinajstić information content (AvgIpc) is 3.24. The van der Waals surface area contributed by atoms with Crippen molar-refractivity contribution in [1.29, 1.82) is 0 Å². The summed E-state index contributed by atoms with van der Waals surface area (Å²) in [5, 5.41) is 14.7. The number of hydrogen-bond donors (Lipinski definition) is 4. The van der Waals surface area contributed by atoms with Crippen LogP contribution in [0.4, 0.5) is 5.82 Å². The molecule has 1 aliphatic rings. The van der Waals surface area contributed by atoms with Gasteiger partial charge >= 0.3 is 0 Å². The number of fused-ring (bicyclic) bond motifs is 1. The van der Waals surface area contributed by atoms with Crippen LogP contribution in [-0.2, 0) is 10.2 Å². The molecule has 1 fully saturated rings. The van der Waals surface area contributed by atoms with Crippen LogP contribution in [0.1, 0.15) is 56.5 Å². The van der Waals surface area contributed by atoms with Gasteiger partial charge < -0.3 is 15.6 Å². The minimum Gasteiger partial charge on any atom is -0.360 e. The zero-order chi connectivity index (χ0) is 20.8. The van der Waals surface area contributed by atoms with E-state index in [1.165, 1.54) is 0 Å². The van der Waals surface area contributed by atoms with Crippen LogP contribution < -0.4 is 16.0 Å². The van der Waals surface area contributed by atoms with Crippen LogP contribution in [-0.4, -0.2) is 32.6 Å². The van der Waals surface area contributed by atoms with Gasteiger partial charge in [-0.1, -0.05) is 39.0 Å². The lowest BCUT2D eigenvalue weighted by Crippen LogP contribution is -2.52. The minimum absolute atomic E-state index is 0.00760. The number of nitrogens with zero attached hydrogens (tertiary/aromatic N) is 2. The maximum Gasteiger partial charge on any atom is 0.258 e. The lowest BCUT2D eigenvalue weighted by Gasteiger charge is -2.30. The van der Waals surface area contributed by atoms with Crippen molar-refractivity contribution in [1.82, 2.24) is 25.4 Å². The third-order valence-electron chi connectivity index (χ3n) is 5.06. The molecule has 29 heavy (non-hydrogen) atoms. The van der Waals surface area contributed by atoms with Gasteiger partial charge in [0, 0.05) is 41.0 Å². The van der Waals surface area contributed by atoms with Crippen LogP contribution in [0.2, 0.25) is 0 Å². The zero-order valence-electron chi connectivity index (χ0n) is 17.0. The van der Waals surface area contributed by atoms with E-state index in [1.807, 2.05) is 37.3 Å². The first kappa shape index (κ1) is 19.2. The number of carbonyl (C=O) groups is 2. The highest BCUT2D eigenvalue weighted by atomic mass is 16.2. The number of aromatic nitrogens is 3. The molecule has 0 aliphatic carbocycles. The molecule has 0 saturated carbocycles. The second-order valence-electron chi connectivity index (χ2n) is 8.55. The van der Waals surface area contributed by atoms with Crippen LogP contribution in [0.25, 0.3) is 10.9 Å². The predicted molar refractivity (Wildman–Crippen MR) is 112 cm³/mol.